The highest BCUT2D eigenvalue weighted by Crippen LogP contribution is 2.36. The lowest BCUT2D eigenvalue weighted by Crippen LogP contribution is -2.41. The lowest BCUT2D eigenvalue weighted by molar-refractivity contribution is 0.00578. The van der Waals surface area contributed by atoms with Gasteiger partial charge in [0, 0.05) is 5.46 Å². The minimum absolute atomic E-state index is 0.162. The predicted octanol–water partition coefficient (Wildman–Crippen LogP) is 3.57. The van der Waals surface area contributed by atoms with Gasteiger partial charge in [-0.2, -0.15) is 4.98 Å². The Bertz CT molecular complexity index is 713. The summed E-state index contributed by atoms with van der Waals surface area (Å²) in [6, 6.07) is 1.21. The van der Waals surface area contributed by atoms with Gasteiger partial charge in [-0.15, -0.1) is 0 Å². The van der Waals surface area contributed by atoms with Crippen molar-refractivity contribution >= 4 is 34.3 Å². The van der Waals surface area contributed by atoms with Crippen molar-refractivity contribution in [2.75, 3.05) is 12.8 Å². The summed E-state index contributed by atoms with van der Waals surface area (Å²) in [4.78, 5) is 3.62. The van der Waals surface area contributed by atoms with Crippen LogP contribution in [-0.2, 0) is 9.31 Å². The third-order valence-corrected chi connectivity index (χ3v) is 4.66. The first-order valence-electron chi connectivity index (χ1n) is 8.48. The number of nitrogen functional groups attached to an aromatic ring is 1. The van der Waals surface area contributed by atoms with Crippen LogP contribution in [-0.4, -0.2) is 35.6 Å². The Morgan fingerprint density at radius 1 is 1.19 bits per heavy atom. The predicted molar refractivity (Wildman–Crippen MR) is 106 cm³/mol. The molecule has 0 aliphatic carbocycles. The molecular weight excluding hydrogens is 420 g/mol. The van der Waals surface area contributed by atoms with Crippen molar-refractivity contribution in [2.45, 2.75) is 52.7 Å². The smallest absolute Gasteiger partial charge is 0.480 e. The highest BCUT2D eigenvalue weighted by molar-refractivity contribution is 9.10. The molecule has 0 atom stereocenters. The van der Waals surface area contributed by atoms with Gasteiger partial charge in [0.05, 0.1) is 29.0 Å². The molecule has 27 heavy (non-hydrogen) atoms. The van der Waals surface area contributed by atoms with E-state index in [9.17, 15) is 4.39 Å². The molecule has 1 aliphatic rings. The van der Waals surface area contributed by atoms with Gasteiger partial charge in [-0.25, -0.2) is 4.39 Å². The van der Waals surface area contributed by atoms with E-state index in [1.54, 1.807) is 12.5 Å². The number of rotatable bonds is 2. The fourth-order valence-corrected chi connectivity index (χ4v) is 2.37. The Hall–Kier alpha value is -1.65. The Kier molecular flexibility index (Phi) is 8.25. The van der Waals surface area contributed by atoms with Crippen LogP contribution >= 0.6 is 15.9 Å². The molecule has 3 heterocycles. The van der Waals surface area contributed by atoms with Crippen LogP contribution in [0, 0.1) is 5.82 Å². The topological polar surface area (TPSA) is 92.6 Å². The van der Waals surface area contributed by atoms with Gasteiger partial charge in [0.1, 0.15) is 6.26 Å². The van der Waals surface area contributed by atoms with Crippen LogP contribution < -0.4 is 15.9 Å². The molecule has 0 amide bonds. The first-order chi connectivity index (χ1) is 12.6. The highest BCUT2D eigenvalue weighted by atomic mass is 79.9. The maximum atomic E-state index is 12.6. The van der Waals surface area contributed by atoms with E-state index in [2.05, 4.69) is 26.1 Å². The van der Waals surface area contributed by atoms with Crippen LogP contribution in [0.4, 0.5) is 10.2 Å². The third kappa shape index (κ3) is 5.66. The minimum Gasteiger partial charge on any atom is -0.480 e. The molecular formula is C17H26BBrFN3O4. The molecule has 1 aliphatic heterocycles. The van der Waals surface area contributed by atoms with Gasteiger partial charge >= 0.3 is 7.12 Å². The second-order valence-corrected chi connectivity index (χ2v) is 7.25. The van der Waals surface area contributed by atoms with Crippen LogP contribution in [0.3, 0.4) is 0 Å². The molecule has 0 saturated carbocycles. The summed E-state index contributed by atoms with van der Waals surface area (Å²) >= 11 is 3.06. The van der Waals surface area contributed by atoms with Gasteiger partial charge in [0.2, 0.25) is 5.88 Å². The Morgan fingerprint density at radius 2 is 1.74 bits per heavy atom. The van der Waals surface area contributed by atoms with Crippen LogP contribution in [0.25, 0.3) is 0 Å². The Labute approximate surface area is 168 Å². The number of hydrogen-bond donors (Lipinski definition) is 1. The number of hydrogen-bond acceptors (Lipinski definition) is 7. The average molecular weight is 446 g/mol. The molecule has 2 N–H and O–H groups in total. The molecule has 3 rings (SSSR count). The van der Waals surface area contributed by atoms with Crippen LogP contribution in [0.1, 0.15) is 41.5 Å². The van der Waals surface area contributed by atoms with E-state index >= 15 is 0 Å². The van der Waals surface area contributed by atoms with Gasteiger partial charge < -0.3 is 24.3 Å². The van der Waals surface area contributed by atoms with Crippen LogP contribution in [0.15, 0.2) is 27.5 Å². The summed E-state index contributed by atoms with van der Waals surface area (Å²) in [5, 5.41) is 3.63. The zero-order chi connectivity index (χ0) is 20.8. The zero-order valence-corrected chi connectivity index (χ0v) is 18.3. The van der Waals surface area contributed by atoms with Crippen LogP contribution in [0.5, 0.6) is 5.88 Å². The number of methoxy groups -OCH3 is 1. The number of aromatic nitrogens is 2. The fourth-order valence-electron chi connectivity index (χ4n) is 1.91. The van der Waals surface area contributed by atoms with E-state index in [0.717, 1.165) is 5.46 Å². The molecule has 1 fully saturated rings. The molecule has 0 bridgehead atoms. The largest absolute Gasteiger partial charge is 0.499 e. The number of anilines is 1. The first-order valence-corrected chi connectivity index (χ1v) is 9.27. The molecule has 0 spiro atoms. The van der Waals surface area contributed by atoms with Crippen molar-refractivity contribution < 1.29 is 23.0 Å². The Balaban J connectivity index is 0.000000254. The molecule has 150 valence electrons. The van der Waals surface area contributed by atoms with Gasteiger partial charge in [-0.05, 0) is 49.7 Å². The van der Waals surface area contributed by atoms with E-state index in [0.29, 0.717) is 4.47 Å². The molecule has 0 radical (unpaired) electrons. The molecule has 0 aromatic carbocycles. The van der Waals surface area contributed by atoms with Gasteiger partial charge in [-0.1, -0.05) is 19.0 Å². The van der Waals surface area contributed by atoms with Gasteiger partial charge in [0.25, 0.3) is 0 Å². The minimum atomic E-state index is -0.558. The third-order valence-electron chi connectivity index (χ3n) is 4.09. The molecule has 1 saturated heterocycles. The second-order valence-electron chi connectivity index (χ2n) is 6.39. The number of ether oxygens (including phenoxy) is 1. The number of halogens is 2. The molecule has 2 aromatic heterocycles. The highest BCUT2D eigenvalue weighted by Gasteiger charge is 2.52. The monoisotopic (exact) mass is 445 g/mol. The maximum Gasteiger partial charge on any atom is 0.499 e. The Morgan fingerprint density at radius 3 is 2.19 bits per heavy atom. The van der Waals surface area contributed by atoms with Crippen LogP contribution in [0.2, 0.25) is 0 Å². The quantitative estimate of drug-likeness (QED) is 0.706. The van der Waals surface area contributed by atoms with Gasteiger partial charge in [-0.3, -0.25) is 0 Å². The van der Waals surface area contributed by atoms with Crippen molar-refractivity contribution in [3.63, 3.8) is 0 Å². The van der Waals surface area contributed by atoms with E-state index in [1.807, 2.05) is 41.5 Å². The second kappa shape index (κ2) is 9.52. The lowest BCUT2D eigenvalue weighted by atomic mass is 9.82. The molecule has 7 nitrogen and oxygen atoms in total. The molecule has 2 aromatic rings. The van der Waals surface area contributed by atoms with E-state index in [1.165, 1.54) is 13.2 Å². The zero-order valence-electron chi connectivity index (χ0n) is 16.7. The van der Waals surface area contributed by atoms with Gasteiger partial charge in [0.15, 0.2) is 11.6 Å². The fraction of sp³-hybridized carbons (Fsp3) is 0.529. The summed E-state index contributed by atoms with van der Waals surface area (Å²) in [6.07, 6.45) is 3.16. The number of nitrogens with two attached hydrogens (primary N) is 1. The van der Waals surface area contributed by atoms with E-state index in [4.69, 9.17) is 24.3 Å². The number of nitrogens with zero attached hydrogens (tertiary/aromatic N) is 2. The molecule has 0 unspecified atom stereocenters. The first kappa shape index (κ1) is 23.4. The van der Waals surface area contributed by atoms with E-state index < -0.39 is 5.82 Å². The number of pyridine rings is 1. The lowest BCUT2D eigenvalue weighted by Gasteiger charge is -2.32. The van der Waals surface area contributed by atoms with Crippen molar-refractivity contribution in [2.24, 2.45) is 0 Å². The maximum absolute atomic E-state index is 12.6. The summed E-state index contributed by atoms with van der Waals surface area (Å²) in [7, 11) is 1.07. The average Bonchev–Trinajstić information content (AvgIpc) is 3.20. The summed E-state index contributed by atoms with van der Waals surface area (Å²) in [5.74, 6) is -0.438. The molecule has 10 heteroatoms. The summed E-state index contributed by atoms with van der Waals surface area (Å²) < 4.78 is 34.2. The van der Waals surface area contributed by atoms with Crippen molar-refractivity contribution in [3.8, 4) is 5.88 Å². The van der Waals surface area contributed by atoms with Crippen molar-refractivity contribution in [3.05, 3.63) is 28.8 Å². The normalized spacial score (nSPS) is 16.7. The summed E-state index contributed by atoms with van der Waals surface area (Å²) in [5.41, 5.74) is 5.38. The van der Waals surface area contributed by atoms with Crippen molar-refractivity contribution in [1.82, 2.24) is 10.1 Å². The van der Waals surface area contributed by atoms with Crippen molar-refractivity contribution in [1.29, 1.82) is 0 Å². The summed E-state index contributed by atoms with van der Waals surface area (Å²) in [6.45, 7) is 12.1. The standard InChI is InChI=1S/C9H14BNO3.C6H6BrFN2O.C2H6/c1-8(2)9(3,4)14-10(13-8)7-5-11-12-6-7;1-11-6-3(7)2-4(8)5(9)10-6;1-2/h5-6H,1-4H3;2H,1H3,(H2,9,10);1-2H3. The van der Waals surface area contributed by atoms with E-state index in [-0.39, 0.29) is 30.0 Å². The SMILES string of the molecule is CC.CC1(C)OB(c2cnoc2)OC1(C)C.COc1nc(N)c(F)cc1Br.